The Bertz CT molecular complexity index is 415. The molecule has 0 aliphatic carbocycles. The summed E-state index contributed by atoms with van der Waals surface area (Å²) in [5.74, 6) is 1.59. The number of nitrogens with zero attached hydrogens (tertiary/aromatic N) is 4. The molecule has 0 aliphatic heterocycles. The highest BCUT2D eigenvalue weighted by molar-refractivity contribution is 5.37. The molecule has 0 aromatic carbocycles. The molecule has 0 aliphatic rings. The molecule has 0 unspecified atom stereocenters. The van der Waals surface area contributed by atoms with Gasteiger partial charge in [-0.2, -0.15) is 9.97 Å². The molecule has 0 radical (unpaired) electrons. The van der Waals surface area contributed by atoms with E-state index in [9.17, 15) is 0 Å². The molecule has 7 nitrogen and oxygen atoms in total. The monoisotopic (exact) mass is 206 g/mol. The van der Waals surface area contributed by atoms with Gasteiger partial charge >= 0.3 is 0 Å². The lowest BCUT2D eigenvalue weighted by Crippen LogP contribution is -2.08. The molecule has 0 atom stereocenters. The average Bonchev–Trinajstić information content (AvgIpc) is 2.71. The topological polar surface area (TPSA) is 103 Å². The van der Waals surface area contributed by atoms with Gasteiger partial charge in [-0.25, -0.2) is 4.98 Å². The first-order valence-corrected chi connectivity index (χ1v) is 4.42. The van der Waals surface area contributed by atoms with Crippen molar-refractivity contribution < 1.29 is 4.52 Å². The highest BCUT2D eigenvalue weighted by Crippen LogP contribution is 2.02. The maximum atomic E-state index is 5.42. The number of aromatic nitrogens is 4. The molecule has 0 amide bonds. The minimum atomic E-state index is 0.250. The first-order chi connectivity index (χ1) is 7.34. The number of nitrogens with two attached hydrogens (primary N) is 1. The van der Waals surface area contributed by atoms with E-state index in [1.165, 1.54) is 6.39 Å². The third-order valence-corrected chi connectivity index (χ3v) is 1.74. The van der Waals surface area contributed by atoms with E-state index < -0.39 is 0 Å². The lowest BCUT2D eigenvalue weighted by molar-refractivity contribution is 0.410. The lowest BCUT2D eigenvalue weighted by Gasteiger charge is -2.02. The fourth-order valence-corrected chi connectivity index (χ4v) is 1.08. The van der Waals surface area contributed by atoms with Crippen molar-refractivity contribution in [2.45, 2.75) is 6.42 Å². The Morgan fingerprint density at radius 2 is 2.33 bits per heavy atom. The first-order valence-electron chi connectivity index (χ1n) is 4.42. The van der Waals surface area contributed by atoms with Gasteiger partial charge in [0.15, 0.2) is 5.82 Å². The molecule has 15 heavy (non-hydrogen) atoms. The summed E-state index contributed by atoms with van der Waals surface area (Å²) < 4.78 is 4.60. The van der Waals surface area contributed by atoms with E-state index in [2.05, 4.69) is 29.9 Å². The second kappa shape index (κ2) is 4.36. The van der Waals surface area contributed by atoms with Crippen LogP contribution in [0.1, 0.15) is 5.82 Å². The number of hydrogen-bond donors (Lipinski definition) is 2. The van der Waals surface area contributed by atoms with Crippen LogP contribution in [0.5, 0.6) is 0 Å². The third kappa shape index (κ3) is 2.63. The number of nitrogen functional groups attached to an aromatic ring is 1. The standard InChI is InChI=1S/C8H10N6O/c9-8-11-4-1-6(13-8)10-3-2-7-12-5-15-14-7/h1,4-5H,2-3H2,(H3,9,10,11,13). The maximum absolute atomic E-state index is 5.42. The van der Waals surface area contributed by atoms with E-state index in [4.69, 9.17) is 5.73 Å². The average molecular weight is 206 g/mol. The van der Waals surface area contributed by atoms with Gasteiger partial charge < -0.3 is 15.6 Å². The van der Waals surface area contributed by atoms with E-state index >= 15 is 0 Å². The van der Waals surface area contributed by atoms with E-state index in [1.807, 2.05) is 0 Å². The lowest BCUT2D eigenvalue weighted by atomic mass is 10.4. The van der Waals surface area contributed by atoms with Crippen molar-refractivity contribution in [3.63, 3.8) is 0 Å². The molecule has 2 heterocycles. The van der Waals surface area contributed by atoms with Crippen LogP contribution in [0.3, 0.4) is 0 Å². The summed E-state index contributed by atoms with van der Waals surface area (Å²) in [5.41, 5.74) is 5.42. The van der Waals surface area contributed by atoms with Gasteiger partial charge in [0.2, 0.25) is 12.3 Å². The fourth-order valence-electron chi connectivity index (χ4n) is 1.08. The highest BCUT2D eigenvalue weighted by Gasteiger charge is 1.99. The summed E-state index contributed by atoms with van der Waals surface area (Å²) in [6, 6.07) is 1.74. The van der Waals surface area contributed by atoms with E-state index in [0.717, 1.165) is 0 Å². The molecule has 3 N–H and O–H groups in total. The summed E-state index contributed by atoms with van der Waals surface area (Å²) >= 11 is 0. The van der Waals surface area contributed by atoms with Crippen molar-refractivity contribution in [1.82, 2.24) is 20.1 Å². The van der Waals surface area contributed by atoms with Crippen molar-refractivity contribution >= 4 is 11.8 Å². The fraction of sp³-hybridized carbons (Fsp3) is 0.250. The maximum Gasteiger partial charge on any atom is 0.221 e. The Labute approximate surface area is 85.7 Å². The van der Waals surface area contributed by atoms with E-state index in [-0.39, 0.29) is 5.95 Å². The zero-order valence-corrected chi connectivity index (χ0v) is 7.92. The van der Waals surface area contributed by atoms with Crippen LogP contribution < -0.4 is 11.1 Å². The number of anilines is 2. The van der Waals surface area contributed by atoms with E-state index in [0.29, 0.717) is 24.6 Å². The predicted molar refractivity (Wildman–Crippen MR) is 52.9 cm³/mol. The van der Waals surface area contributed by atoms with Crippen LogP contribution in [0.15, 0.2) is 23.2 Å². The Morgan fingerprint density at radius 1 is 1.40 bits per heavy atom. The smallest absolute Gasteiger partial charge is 0.221 e. The molecule has 0 fully saturated rings. The Kier molecular flexibility index (Phi) is 2.72. The van der Waals surface area contributed by atoms with Crippen LogP contribution in [0.25, 0.3) is 0 Å². The van der Waals surface area contributed by atoms with Gasteiger partial charge in [0.05, 0.1) is 0 Å². The predicted octanol–water partition coefficient (Wildman–Crippen LogP) is 0.0964. The highest BCUT2D eigenvalue weighted by atomic mass is 16.5. The minimum absolute atomic E-state index is 0.250. The Morgan fingerprint density at radius 3 is 3.07 bits per heavy atom. The molecule has 0 spiro atoms. The molecule has 0 bridgehead atoms. The molecule has 2 aromatic rings. The van der Waals surface area contributed by atoms with Gasteiger partial charge in [0, 0.05) is 19.2 Å². The van der Waals surface area contributed by atoms with Crippen LogP contribution >= 0.6 is 0 Å². The van der Waals surface area contributed by atoms with E-state index in [1.54, 1.807) is 12.3 Å². The van der Waals surface area contributed by atoms with Crippen LogP contribution in [-0.2, 0) is 6.42 Å². The molecule has 78 valence electrons. The summed E-state index contributed by atoms with van der Waals surface area (Å²) in [6.07, 6.45) is 3.57. The van der Waals surface area contributed by atoms with Crippen molar-refractivity contribution in [2.24, 2.45) is 0 Å². The molecule has 7 heteroatoms. The quantitative estimate of drug-likeness (QED) is 0.730. The van der Waals surface area contributed by atoms with Crippen LogP contribution in [0.2, 0.25) is 0 Å². The zero-order chi connectivity index (χ0) is 10.5. The van der Waals surface area contributed by atoms with Gasteiger partial charge in [-0.05, 0) is 6.07 Å². The third-order valence-electron chi connectivity index (χ3n) is 1.74. The van der Waals surface area contributed by atoms with Crippen molar-refractivity contribution in [1.29, 1.82) is 0 Å². The largest absolute Gasteiger partial charge is 0.369 e. The molecule has 0 saturated heterocycles. The van der Waals surface area contributed by atoms with Gasteiger partial charge in [-0.15, -0.1) is 0 Å². The SMILES string of the molecule is Nc1nccc(NCCc2ncon2)n1. The first kappa shape index (κ1) is 9.38. The summed E-state index contributed by atoms with van der Waals surface area (Å²) in [4.78, 5) is 11.7. The molecule has 2 aromatic heterocycles. The van der Waals surface area contributed by atoms with Crippen molar-refractivity contribution in [2.75, 3.05) is 17.6 Å². The van der Waals surface area contributed by atoms with Gasteiger partial charge in [0.25, 0.3) is 0 Å². The van der Waals surface area contributed by atoms with Crippen LogP contribution in [0, 0.1) is 0 Å². The minimum Gasteiger partial charge on any atom is -0.369 e. The molecular formula is C8H10N6O. The Hall–Kier alpha value is -2.18. The summed E-state index contributed by atoms with van der Waals surface area (Å²) in [5, 5.41) is 6.75. The molecular weight excluding hydrogens is 196 g/mol. The normalized spacial score (nSPS) is 10.1. The number of hydrogen-bond acceptors (Lipinski definition) is 7. The Balaban J connectivity index is 1.83. The second-order valence-electron chi connectivity index (χ2n) is 2.82. The molecule has 0 saturated carbocycles. The summed E-state index contributed by atoms with van der Waals surface area (Å²) in [7, 11) is 0. The van der Waals surface area contributed by atoms with Gasteiger partial charge in [-0.1, -0.05) is 5.16 Å². The van der Waals surface area contributed by atoms with Gasteiger partial charge in [0.1, 0.15) is 5.82 Å². The van der Waals surface area contributed by atoms with Crippen molar-refractivity contribution in [3.05, 3.63) is 24.5 Å². The number of rotatable bonds is 4. The molecule has 2 rings (SSSR count). The van der Waals surface area contributed by atoms with Crippen LogP contribution in [0.4, 0.5) is 11.8 Å². The van der Waals surface area contributed by atoms with Crippen molar-refractivity contribution in [3.8, 4) is 0 Å². The van der Waals surface area contributed by atoms with Gasteiger partial charge in [-0.3, -0.25) is 0 Å². The van der Waals surface area contributed by atoms with Crippen LogP contribution in [-0.4, -0.2) is 26.7 Å². The second-order valence-corrected chi connectivity index (χ2v) is 2.82. The number of nitrogens with one attached hydrogen (secondary N) is 1. The summed E-state index contributed by atoms with van der Waals surface area (Å²) in [6.45, 7) is 0.663. The zero-order valence-electron chi connectivity index (χ0n) is 7.92.